The highest BCUT2D eigenvalue weighted by Gasteiger charge is 2.88. The molecule has 8 nitrogen and oxygen atoms in total. The van der Waals surface area contributed by atoms with Crippen LogP contribution in [0.15, 0.2) is 52.5 Å². The maximum absolute atomic E-state index is 13.9. The smallest absolute Gasteiger partial charge is 0.272 e. The average Bonchev–Trinajstić information content (AvgIpc) is 3.26. The first kappa shape index (κ1) is 29.0. The van der Waals surface area contributed by atoms with E-state index >= 15 is 0 Å². The van der Waals surface area contributed by atoms with Gasteiger partial charge in [0.05, 0.1) is 49.5 Å². The van der Waals surface area contributed by atoms with E-state index < -0.39 is 60.8 Å². The fraction of sp³-hybridized carbons (Fsp3) is 0.261. The van der Waals surface area contributed by atoms with Crippen molar-refractivity contribution in [1.82, 2.24) is 10.0 Å². The average molecular weight is 693 g/mol. The van der Waals surface area contributed by atoms with E-state index in [1.165, 1.54) is 30.3 Å². The number of imide groups is 1. The van der Waals surface area contributed by atoms with Gasteiger partial charge in [-0.3, -0.25) is 24.5 Å². The number of nitro benzene ring substituents is 1. The molecule has 2 aromatic carbocycles. The van der Waals surface area contributed by atoms with Crippen LogP contribution in [0.1, 0.15) is 15.9 Å². The predicted molar refractivity (Wildman–Crippen MR) is 149 cm³/mol. The molecule has 0 N–H and O–H groups in total. The molecular formula is C23H11Cl8N3O5. The summed E-state index contributed by atoms with van der Waals surface area (Å²) in [6, 6.07) is 9.54. The molecule has 3 amide bonds. The number of fused-ring (bicyclic) bond motifs is 5. The zero-order chi connectivity index (χ0) is 28.8. The summed E-state index contributed by atoms with van der Waals surface area (Å²) in [6.07, 6.45) is 0. The monoisotopic (exact) mass is 689 g/mol. The largest absolute Gasteiger partial charge is 0.275 e. The number of allylic oxidation sites excluding steroid dienone is 2. The molecule has 16 heteroatoms. The molecule has 2 aromatic rings. The van der Waals surface area contributed by atoms with Gasteiger partial charge in [-0.2, -0.15) is 5.01 Å². The van der Waals surface area contributed by atoms with E-state index in [9.17, 15) is 24.5 Å². The molecule has 3 aliphatic rings. The lowest BCUT2D eigenvalue weighted by Gasteiger charge is -2.37. The van der Waals surface area contributed by atoms with Gasteiger partial charge in [-0.1, -0.05) is 81.7 Å². The van der Waals surface area contributed by atoms with Crippen molar-refractivity contribution in [2.24, 2.45) is 11.8 Å². The third-order valence-electron chi connectivity index (χ3n) is 7.03. The molecule has 4 atom stereocenters. The maximum atomic E-state index is 13.9. The number of amides is 3. The van der Waals surface area contributed by atoms with Gasteiger partial charge in [0.1, 0.15) is 9.75 Å². The van der Waals surface area contributed by atoms with Gasteiger partial charge in [0, 0.05) is 11.1 Å². The molecule has 5 rings (SSSR count). The summed E-state index contributed by atoms with van der Waals surface area (Å²) in [5.41, 5.74) is -0.615. The van der Waals surface area contributed by atoms with Gasteiger partial charge in [0.15, 0.2) is 4.33 Å². The lowest BCUT2D eigenvalue weighted by Crippen LogP contribution is -2.55. The van der Waals surface area contributed by atoms with E-state index in [4.69, 9.17) is 92.8 Å². The van der Waals surface area contributed by atoms with Gasteiger partial charge in [0.25, 0.3) is 23.4 Å². The minimum absolute atomic E-state index is 0.00613. The van der Waals surface area contributed by atoms with Crippen LogP contribution in [-0.2, 0) is 16.1 Å². The lowest BCUT2D eigenvalue weighted by atomic mass is 9.84. The van der Waals surface area contributed by atoms with Crippen LogP contribution in [0.25, 0.3) is 0 Å². The second kappa shape index (κ2) is 9.53. The fourth-order valence-electron chi connectivity index (χ4n) is 5.23. The first-order chi connectivity index (χ1) is 18.1. The second-order valence-corrected chi connectivity index (χ2v) is 13.1. The van der Waals surface area contributed by atoms with Crippen molar-refractivity contribution in [3.05, 3.63) is 83.8 Å². The number of hydrogen-bond donors (Lipinski definition) is 0. The molecule has 0 spiro atoms. The van der Waals surface area contributed by atoms with Crippen molar-refractivity contribution in [2.75, 3.05) is 0 Å². The number of alkyl halides is 4. The molecular weight excluding hydrogens is 682 g/mol. The number of rotatable bonds is 5. The van der Waals surface area contributed by atoms with Crippen molar-refractivity contribution >= 4 is 116 Å². The number of nitro groups is 1. The molecule has 204 valence electrons. The van der Waals surface area contributed by atoms with E-state index in [0.29, 0.717) is 10.0 Å². The molecule has 2 bridgehead atoms. The molecule has 1 aliphatic heterocycles. The second-order valence-electron chi connectivity index (χ2n) is 8.94. The Morgan fingerprint density at radius 1 is 0.923 bits per heavy atom. The lowest BCUT2D eigenvalue weighted by molar-refractivity contribution is -0.385. The summed E-state index contributed by atoms with van der Waals surface area (Å²) in [6.45, 7) is -0.624. The van der Waals surface area contributed by atoms with Crippen LogP contribution in [0.4, 0.5) is 5.69 Å². The Morgan fingerprint density at radius 3 is 1.97 bits per heavy atom. The van der Waals surface area contributed by atoms with Crippen molar-refractivity contribution in [2.45, 2.75) is 20.6 Å². The third-order valence-corrected chi connectivity index (χ3v) is 11.9. The molecule has 1 saturated carbocycles. The Balaban J connectivity index is 1.66. The minimum Gasteiger partial charge on any atom is -0.272 e. The van der Waals surface area contributed by atoms with Crippen LogP contribution in [0, 0.1) is 22.0 Å². The van der Waals surface area contributed by atoms with E-state index in [2.05, 4.69) is 0 Å². The Kier molecular flexibility index (Phi) is 7.09. The zero-order valence-corrected chi connectivity index (χ0v) is 24.9. The highest BCUT2D eigenvalue weighted by Crippen LogP contribution is 2.77. The predicted octanol–water partition coefficient (Wildman–Crippen LogP) is 6.91. The van der Waals surface area contributed by atoms with Gasteiger partial charge in [0.2, 0.25) is 0 Å². The third kappa shape index (κ3) is 3.69. The normalized spacial score (nSPS) is 28.8. The first-order valence-corrected chi connectivity index (χ1v) is 13.8. The van der Waals surface area contributed by atoms with E-state index in [0.717, 1.165) is 6.07 Å². The number of halogens is 8. The quantitative estimate of drug-likeness (QED) is 0.147. The summed E-state index contributed by atoms with van der Waals surface area (Å²) in [5.74, 6) is -6.04. The van der Waals surface area contributed by atoms with Crippen LogP contribution in [0.2, 0.25) is 10.0 Å². The number of benzene rings is 2. The van der Waals surface area contributed by atoms with Crippen molar-refractivity contribution in [3.8, 4) is 0 Å². The highest BCUT2D eigenvalue weighted by molar-refractivity contribution is 6.66. The number of carbonyl (C=O) groups is 3. The zero-order valence-electron chi connectivity index (χ0n) is 18.8. The Hall–Kier alpha value is -1.49. The molecule has 0 aromatic heterocycles. The van der Waals surface area contributed by atoms with E-state index in [-0.39, 0.29) is 31.2 Å². The van der Waals surface area contributed by atoms with Crippen LogP contribution >= 0.6 is 92.8 Å². The van der Waals surface area contributed by atoms with Crippen LogP contribution in [0.5, 0.6) is 0 Å². The van der Waals surface area contributed by atoms with Gasteiger partial charge >= 0.3 is 0 Å². The molecule has 2 aliphatic carbocycles. The number of hydrazine groups is 1. The van der Waals surface area contributed by atoms with Crippen LogP contribution in [0.3, 0.4) is 0 Å². The SMILES string of the molecule is O=C(c1ccccc1Cl)N(Cc1ccc(Cl)cc1[N+](=O)[O-])N1C(=O)[C@@H]2[C@@H](C1=O)[C@@]1(Cl)C(Cl)=C(Cl)[C@@]2(Cl)C1(Cl)Cl. The van der Waals surface area contributed by atoms with Gasteiger partial charge in [-0.25, -0.2) is 5.01 Å². The summed E-state index contributed by atoms with van der Waals surface area (Å²) in [7, 11) is 0. The molecule has 0 unspecified atom stereocenters. The molecule has 1 saturated heterocycles. The Labute approximate surface area is 260 Å². The molecule has 1 heterocycles. The summed E-state index contributed by atoms with van der Waals surface area (Å²) in [5, 5.41) is 12.4. The number of carbonyl (C=O) groups excluding carboxylic acids is 3. The summed E-state index contributed by atoms with van der Waals surface area (Å²) < 4.78 is -2.18. The summed E-state index contributed by atoms with van der Waals surface area (Å²) in [4.78, 5) is 48.5. The van der Waals surface area contributed by atoms with Crippen LogP contribution < -0.4 is 0 Å². The van der Waals surface area contributed by atoms with Crippen molar-refractivity contribution in [1.29, 1.82) is 0 Å². The highest BCUT2D eigenvalue weighted by atomic mass is 35.5. The molecule has 0 radical (unpaired) electrons. The van der Waals surface area contributed by atoms with Crippen molar-refractivity contribution < 1.29 is 19.3 Å². The van der Waals surface area contributed by atoms with Crippen molar-refractivity contribution in [3.63, 3.8) is 0 Å². The fourth-order valence-corrected chi connectivity index (χ4v) is 8.54. The van der Waals surface area contributed by atoms with E-state index in [1.807, 2.05) is 0 Å². The molecule has 2 fully saturated rings. The summed E-state index contributed by atoms with van der Waals surface area (Å²) >= 11 is 51.5. The van der Waals surface area contributed by atoms with E-state index in [1.54, 1.807) is 6.07 Å². The molecule has 39 heavy (non-hydrogen) atoms. The Morgan fingerprint density at radius 2 is 1.46 bits per heavy atom. The first-order valence-electron chi connectivity index (χ1n) is 10.8. The number of hydrogen-bond acceptors (Lipinski definition) is 5. The van der Waals surface area contributed by atoms with Crippen LogP contribution in [-0.4, -0.2) is 46.7 Å². The topological polar surface area (TPSA) is 101 Å². The van der Waals surface area contributed by atoms with Gasteiger partial charge < -0.3 is 0 Å². The van der Waals surface area contributed by atoms with Gasteiger partial charge in [-0.05, 0) is 24.3 Å². The maximum Gasteiger partial charge on any atom is 0.275 e. The Bertz CT molecular complexity index is 1490. The van der Waals surface area contributed by atoms with Gasteiger partial charge in [-0.15, -0.1) is 23.2 Å². The standard InChI is InChI=1S/C23H11Cl8N3O5/c24-10-6-5-9(13(7-10)34(38)39)8-32(18(35)11-3-1-2-4-12(11)25)33-19(36)14-15(20(33)37)22(29)17(27)16(26)21(14,28)23(22,30)31/h1-7,14-15H,8H2/t14-,15-,21+,22+/m0/s1. The number of nitrogens with zero attached hydrogens (tertiary/aromatic N) is 3. The minimum atomic E-state index is -2.18.